The van der Waals surface area contributed by atoms with Crippen molar-refractivity contribution in [3.63, 3.8) is 0 Å². The molecule has 1 amide bonds. The molecule has 1 aliphatic rings. The SMILES string of the molecule is CCc1ccc([C@H](C)NC(=O)c2cc(S(=O)(=O)N3CCOCC3)ccc2OC)cc1. The number of hydrogen-bond acceptors (Lipinski definition) is 5. The Balaban J connectivity index is 1.84. The van der Waals surface area contributed by atoms with Crippen LogP contribution in [0, 0.1) is 0 Å². The maximum absolute atomic E-state index is 13.0. The van der Waals surface area contributed by atoms with Crippen LogP contribution >= 0.6 is 0 Å². The van der Waals surface area contributed by atoms with E-state index < -0.39 is 15.9 Å². The number of hydrogen-bond donors (Lipinski definition) is 1. The summed E-state index contributed by atoms with van der Waals surface area (Å²) in [6, 6.07) is 12.2. The van der Waals surface area contributed by atoms with Crippen LogP contribution in [-0.4, -0.2) is 52.0 Å². The maximum atomic E-state index is 13.0. The van der Waals surface area contributed by atoms with Gasteiger partial charge >= 0.3 is 0 Å². The van der Waals surface area contributed by atoms with E-state index in [0.29, 0.717) is 32.1 Å². The van der Waals surface area contributed by atoms with Gasteiger partial charge in [-0.3, -0.25) is 4.79 Å². The number of sulfonamides is 1. The van der Waals surface area contributed by atoms with E-state index in [1.54, 1.807) is 0 Å². The number of nitrogens with zero attached hydrogens (tertiary/aromatic N) is 1. The van der Waals surface area contributed by atoms with E-state index in [4.69, 9.17) is 9.47 Å². The van der Waals surface area contributed by atoms with Crippen molar-refractivity contribution in [1.29, 1.82) is 0 Å². The van der Waals surface area contributed by atoms with Crippen molar-refractivity contribution in [2.24, 2.45) is 0 Å². The monoisotopic (exact) mass is 432 g/mol. The Hall–Kier alpha value is -2.42. The molecule has 1 atom stereocenters. The van der Waals surface area contributed by atoms with Crippen LogP contribution in [0.4, 0.5) is 0 Å². The largest absolute Gasteiger partial charge is 0.496 e. The van der Waals surface area contributed by atoms with Gasteiger partial charge in [0.1, 0.15) is 5.75 Å². The third kappa shape index (κ3) is 4.83. The van der Waals surface area contributed by atoms with Crippen LogP contribution in [0.25, 0.3) is 0 Å². The number of ether oxygens (including phenoxy) is 2. The number of carbonyl (C=O) groups is 1. The average Bonchev–Trinajstić information content (AvgIpc) is 2.79. The molecule has 1 saturated heterocycles. The highest BCUT2D eigenvalue weighted by Crippen LogP contribution is 2.26. The first-order chi connectivity index (χ1) is 14.4. The fourth-order valence-electron chi connectivity index (χ4n) is 3.36. The highest BCUT2D eigenvalue weighted by Gasteiger charge is 2.28. The van der Waals surface area contributed by atoms with Gasteiger partial charge in [0.2, 0.25) is 10.0 Å². The fourth-order valence-corrected chi connectivity index (χ4v) is 4.80. The standard InChI is InChI=1S/C22H28N2O5S/c1-4-17-5-7-18(8-6-17)16(2)23-22(25)20-15-19(9-10-21(20)28-3)30(26,27)24-11-13-29-14-12-24/h5-10,15-16H,4,11-14H2,1-3H3,(H,23,25)/t16-/m0/s1. The van der Waals surface area contributed by atoms with E-state index >= 15 is 0 Å². The molecule has 0 aliphatic carbocycles. The van der Waals surface area contributed by atoms with Gasteiger partial charge in [0, 0.05) is 13.1 Å². The van der Waals surface area contributed by atoms with Crippen molar-refractivity contribution < 1.29 is 22.7 Å². The van der Waals surface area contributed by atoms with E-state index in [2.05, 4.69) is 12.2 Å². The van der Waals surface area contributed by atoms with Crippen LogP contribution in [0.15, 0.2) is 47.4 Å². The molecule has 1 N–H and O–H groups in total. The Bertz CT molecular complexity index is 983. The lowest BCUT2D eigenvalue weighted by molar-refractivity contribution is 0.0730. The average molecular weight is 433 g/mol. The van der Waals surface area contributed by atoms with Crippen LogP contribution in [-0.2, 0) is 21.2 Å². The van der Waals surface area contributed by atoms with Gasteiger partial charge in [0.25, 0.3) is 5.91 Å². The Kier molecular flexibility index (Phi) is 7.12. The molecule has 30 heavy (non-hydrogen) atoms. The minimum Gasteiger partial charge on any atom is -0.496 e. The van der Waals surface area contributed by atoms with Crippen molar-refractivity contribution >= 4 is 15.9 Å². The molecule has 0 aromatic heterocycles. The summed E-state index contributed by atoms with van der Waals surface area (Å²) in [5, 5.41) is 2.94. The Morgan fingerprint density at radius 3 is 2.43 bits per heavy atom. The summed E-state index contributed by atoms with van der Waals surface area (Å²) < 4.78 is 37.8. The fraction of sp³-hybridized carbons (Fsp3) is 0.409. The zero-order valence-corrected chi connectivity index (χ0v) is 18.4. The number of nitrogens with one attached hydrogen (secondary N) is 1. The summed E-state index contributed by atoms with van der Waals surface area (Å²) in [6.07, 6.45) is 0.947. The molecule has 1 fully saturated rings. The van der Waals surface area contributed by atoms with E-state index in [0.717, 1.165) is 12.0 Å². The van der Waals surface area contributed by atoms with Crippen LogP contribution in [0.3, 0.4) is 0 Å². The second kappa shape index (κ2) is 9.59. The van der Waals surface area contributed by atoms with Gasteiger partial charge in [-0.2, -0.15) is 4.31 Å². The first-order valence-corrected chi connectivity index (χ1v) is 11.5. The molecule has 0 unspecified atom stereocenters. The molecule has 0 radical (unpaired) electrons. The first-order valence-electron chi connectivity index (χ1n) is 10.0. The van der Waals surface area contributed by atoms with Gasteiger partial charge in [-0.25, -0.2) is 8.42 Å². The normalized spacial score (nSPS) is 16.1. The number of benzene rings is 2. The molecule has 2 aromatic rings. The summed E-state index contributed by atoms with van der Waals surface area (Å²) in [5.74, 6) is -0.0695. The van der Waals surface area contributed by atoms with Crippen molar-refractivity contribution in [2.45, 2.75) is 31.2 Å². The molecule has 8 heteroatoms. The van der Waals surface area contributed by atoms with Crippen molar-refractivity contribution in [3.05, 3.63) is 59.2 Å². The minimum atomic E-state index is -3.71. The molecule has 0 bridgehead atoms. The van der Waals surface area contributed by atoms with Gasteiger partial charge in [-0.15, -0.1) is 0 Å². The second-order valence-electron chi connectivity index (χ2n) is 7.17. The van der Waals surface area contributed by atoms with Gasteiger partial charge in [-0.05, 0) is 42.7 Å². The summed E-state index contributed by atoms with van der Waals surface area (Å²) in [6.45, 7) is 5.28. The summed E-state index contributed by atoms with van der Waals surface area (Å²) >= 11 is 0. The lowest BCUT2D eigenvalue weighted by atomic mass is 10.0. The van der Waals surface area contributed by atoms with Crippen molar-refractivity contribution in [3.8, 4) is 5.75 Å². The summed E-state index contributed by atoms with van der Waals surface area (Å²) in [4.78, 5) is 13.0. The molecule has 7 nitrogen and oxygen atoms in total. The molecule has 1 heterocycles. The third-order valence-corrected chi connectivity index (χ3v) is 7.15. The number of morpholine rings is 1. The number of amides is 1. The van der Waals surface area contributed by atoms with Crippen LogP contribution < -0.4 is 10.1 Å². The smallest absolute Gasteiger partial charge is 0.255 e. The van der Waals surface area contributed by atoms with Gasteiger partial charge in [0.15, 0.2) is 0 Å². The minimum absolute atomic E-state index is 0.0651. The lowest BCUT2D eigenvalue weighted by Gasteiger charge is -2.26. The second-order valence-corrected chi connectivity index (χ2v) is 9.11. The predicted octanol–water partition coefficient (Wildman–Crippen LogP) is 2.77. The van der Waals surface area contributed by atoms with Crippen LogP contribution in [0.2, 0.25) is 0 Å². The first kappa shape index (κ1) is 22.3. The van der Waals surface area contributed by atoms with Crippen LogP contribution in [0.1, 0.15) is 41.4 Å². The molecular formula is C22H28N2O5S. The molecule has 162 valence electrons. The molecular weight excluding hydrogens is 404 g/mol. The van der Waals surface area contributed by atoms with Gasteiger partial charge in [-0.1, -0.05) is 31.2 Å². The molecule has 0 spiro atoms. The molecule has 0 saturated carbocycles. The summed E-state index contributed by atoms with van der Waals surface area (Å²) in [7, 11) is -2.26. The molecule has 1 aliphatic heterocycles. The van der Waals surface area contributed by atoms with Crippen LogP contribution in [0.5, 0.6) is 5.75 Å². The number of aryl methyl sites for hydroxylation is 1. The Morgan fingerprint density at radius 2 is 1.83 bits per heavy atom. The Morgan fingerprint density at radius 1 is 1.17 bits per heavy atom. The number of carbonyl (C=O) groups excluding carboxylic acids is 1. The third-order valence-electron chi connectivity index (χ3n) is 5.26. The van der Waals surface area contributed by atoms with Gasteiger partial charge in [0.05, 0.1) is 36.8 Å². The van der Waals surface area contributed by atoms with Crippen molar-refractivity contribution in [2.75, 3.05) is 33.4 Å². The summed E-state index contributed by atoms with van der Waals surface area (Å²) in [5.41, 5.74) is 2.38. The van der Waals surface area contributed by atoms with Crippen molar-refractivity contribution in [1.82, 2.24) is 9.62 Å². The quantitative estimate of drug-likeness (QED) is 0.727. The zero-order chi connectivity index (χ0) is 21.7. The highest BCUT2D eigenvalue weighted by molar-refractivity contribution is 7.89. The lowest BCUT2D eigenvalue weighted by Crippen LogP contribution is -2.40. The van der Waals surface area contributed by atoms with E-state index in [1.807, 2.05) is 31.2 Å². The van der Waals surface area contributed by atoms with E-state index in [9.17, 15) is 13.2 Å². The topological polar surface area (TPSA) is 84.9 Å². The van der Waals surface area contributed by atoms with E-state index in [-0.39, 0.29) is 16.5 Å². The molecule has 3 rings (SSSR count). The number of rotatable bonds is 7. The highest BCUT2D eigenvalue weighted by atomic mass is 32.2. The number of methoxy groups -OCH3 is 1. The van der Waals surface area contributed by atoms with Gasteiger partial charge < -0.3 is 14.8 Å². The maximum Gasteiger partial charge on any atom is 0.255 e. The van der Waals surface area contributed by atoms with E-state index in [1.165, 1.54) is 35.2 Å². The Labute approximate surface area is 178 Å². The predicted molar refractivity (Wildman–Crippen MR) is 114 cm³/mol. The zero-order valence-electron chi connectivity index (χ0n) is 17.6. The molecule has 2 aromatic carbocycles.